The number of carbonyl (C=O) groups excluding carboxylic acids is 1. The van der Waals surface area contributed by atoms with Crippen LogP contribution in [0.1, 0.15) is 16.1 Å². The molecule has 0 aliphatic heterocycles. The second kappa shape index (κ2) is 6.28. The number of benzene rings is 1. The van der Waals surface area contributed by atoms with Crippen molar-refractivity contribution < 1.29 is 4.79 Å². The largest absolute Gasteiger partial charge is 0.347 e. The second-order valence-corrected chi connectivity index (χ2v) is 5.29. The van der Waals surface area contributed by atoms with E-state index in [-0.39, 0.29) is 5.91 Å². The summed E-state index contributed by atoms with van der Waals surface area (Å²) in [5.74, 6) is -0.176. The first-order valence-electron chi connectivity index (χ1n) is 6.51. The summed E-state index contributed by atoms with van der Waals surface area (Å²) >= 11 is 1.58. The molecule has 3 aromatic rings. The number of aromatic nitrogens is 2. The van der Waals surface area contributed by atoms with Gasteiger partial charge in [0.05, 0.1) is 0 Å². The summed E-state index contributed by atoms with van der Waals surface area (Å²) < 4.78 is 0. The van der Waals surface area contributed by atoms with E-state index in [9.17, 15) is 4.79 Å². The lowest BCUT2D eigenvalue weighted by molar-refractivity contribution is 0.0946. The number of thiazole rings is 1. The molecule has 5 heteroatoms. The Morgan fingerprint density at radius 3 is 2.67 bits per heavy atom. The van der Waals surface area contributed by atoms with E-state index in [0.717, 1.165) is 16.1 Å². The Kier molecular flexibility index (Phi) is 4.02. The molecule has 0 aliphatic carbocycles. The van der Waals surface area contributed by atoms with Gasteiger partial charge in [-0.05, 0) is 17.7 Å². The van der Waals surface area contributed by atoms with E-state index < -0.39 is 0 Å². The summed E-state index contributed by atoms with van der Waals surface area (Å²) in [6, 6.07) is 13.2. The number of nitrogens with zero attached hydrogens (tertiary/aromatic N) is 2. The van der Waals surface area contributed by atoms with Crippen LogP contribution in [0.3, 0.4) is 0 Å². The van der Waals surface area contributed by atoms with E-state index in [1.807, 2.05) is 29.6 Å². The Morgan fingerprint density at radius 1 is 1.05 bits per heavy atom. The van der Waals surface area contributed by atoms with Crippen LogP contribution in [-0.2, 0) is 6.54 Å². The van der Waals surface area contributed by atoms with Crippen LogP contribution in [0.4, 0.5) is 0 Å². The number of hydrogen-bond acceptors (Lipinski definition) is 4. The second-order valence-electron chi connectivity index (χ2n) is 4.39. The molecule has 1 N–H and O–H groups in total. The molecule has 1 aromatic carbocycles. The van der Waals surface area contributed by atoms with Crippen molar-refractivity contribution in [2.24, 2.45) is 0 Å². The molecule has 21 heavy (non-hydrogen) atoms. The number of nitrogens with one attached hydrogen (secondary N) is 1. The molecule has 0 saturated carbocycles. The maximum absolute atomic E-state index is 12.0. The van der Waals surface area contributed by atoms with Crippen LogP contribution in [0.5, 0.6) is 0 Å². The van der Waals surface area contributed by atoms with Crippen molar-refractivity contribution in [1.29, 1.82) is 0 Å². The smallest absolute Gasteiger partial charge is 0.270 e. The van der Waals surface area contributed by atoms with E-state index >= 15 is 0 Å². The number of rotatable bonds is 4. The van der Waals surface area contributed by atoms with Crippen LogP contribution in [0, 0.1) is 0 Å². The molecule has 0 spiro atoms. The summed E-state index contributed by atoms with van der Waals surface area (Å²) in [6.07, 6.45) is 3.39. The van der Waals surface area contributed by atoms with Gasteiger partial charge in [0.15, 0.2) is 0 Å². The summed E-state index contributed by atoms with van der Waals surface area (Å²) in [4.78, 5) is 20.4. The van der Waals surface area contributed by atoms with Crippen molar-refractivity contribution >= 4 is 17.2 Å². The maximum atomic E-state index is 12.0. The molecule has 0 saturated heterocycles. The Bertz CT molecular complexity index is 726. The summed E-state index contributed by atoms with van der Waals surface area (Å²) in [7, 11) is 0. The highest BCUT2D eigenvalue weighted by molar-refractivity contribution is 7.13. The van der Waals surface area contributed by atoms with Gasteiger partial charge in [0, 0.05) is 29.9 Å². The normalized spacial score (nSPS) is 10.3. The van der Waals surface area contributed by atoms with Crippen LogP contribution < -0.4 is 5.32 Å². The molecule has 1 amide bonds. The van der Waals surface area contributed by atoms with Gasteiger partial charge in [0.1, 0.15) is 10.7 Å². The van der Waals surface area contributed by atoms with Crippen LogP contribution in [-0.4, -0.2) is 15.9 Å². The van der Waals surface area contributed by atoms with Crippen LogP contribution in [0.15, 0.2) is 60.2 Å². The zero-order valence-electron chi connectivity index (χ0n) is 11.2. The number of pyridine rings is 1. The first-order chi connectivity index (χ1) is 10.3. The summed E-state index contributed by atoms with van der Waals surface area (Å²) in [5.41, 5.74) is 2.51. The average molecular weight is 295 g/mol. The number of amides is 1. The Hall–Kier alpha value is -2.53. The number of carbonyl (C=O) groups is 1. The molecule has 0 atom stereocenters. The van der Waals surface area contributed by atoms with E-state index in [4.69, 9.17) is 0 Å². The van der Waals surface area contributed by atoms with Gasteiger partial charge in [-0.2, -0.15) is 0 Å². The lowest BCUT2D eigenvalue weighted by Gasteiger charge is -2.08. The van der Waals surface area contributed by atoms with E-state index in [0.29, 0.717) is 12.2 Å². The monoisotopic (exact) mass is 295 g/mol. The lowest BCUT2D eigenvalue weighted by Crippen LogP contribution is -2.23. The summed E-state index contributed by atoms with van der Waals surface area (Å²) in [6.45, 7) is 0.450. The topological polar surface area (TPSA) is 54.9 Å². The van der Waals surface area contributed by atoms with Gasteiger partial charge >= 0.3 is 0 Å². The zero-order chi connectivity index (χ0) is 14.5. The summed E-state index contributed by atoms with van der Waals surface area (Å²) in [5, 5.41) is 5.79. The van der Waals surface area contributed by atoms with Crippen molar-refractivity contribution in [2.45, 2.75) is 6.54 Å². The van der Waals surface area contributed by atoms with Gasteiger partial charge in [-0.15, -0.1) is 11.3 Å². The third kappa shape index (κ3) is 3.14. The van der Waals surface area contributed by atoms with Crippen molar-refractivity contribution in [3.05, 3.63) is 71.5 Å². The van der Waals surface area contributed by atoms with E-state index in [1.165, 1.54) is 0 Å². The highest BCUT2D eigenvalue weighted by atomic mass is 32.1. The Labute approximate surface area is 126 Å². The number of hydrogen-bond donors (Lipinski definition) is 1. The molecule has 3 rings (SSSR count). The molecule has 0 radical (unpaired) electrons. The lowest BCUT2D eigenvalue weighted by atomic mass is 10.1. The van der Waals surface area contributed by atoms with Gasteiger partial charge in [-0.25, -0.2) is 4.98 Å². The van der Waals surface area contributed by atoms with Crippen LogP contribution in [0.25, 0.3) is 10.6 Å². The molecule has 2 heterocycles. The predicted octanol–water partition coefficient (Wildman–Crippen LogP) is 3.14. The zero-order valence-corrected chi connectivity index (χ0v) is 12.0. The Morgan fingerprint density at radius 2 is 1.90 bits per heavy atom. The van der Waals surface area contributed by atoms with Gasteiger partial charge in [0.2, 0.25) is 0 Å². The van der Waals surface area contributed by atoms with Crippen LogP contribution in [0.2, 0.25) is 0 Å². The molecule has 2 aromatic heterocycles. The van der Waals surface area contributed by atoms with E-state index in [1.54, 1.807) is 41.9 Å². The van der Waals surface area contributed by atoms with Gasteiger partial charge in [0.25, 0.3) is 5.91 Å². The van der Waals surface area contributed by atoms with Crippen LogP contribution >= 0.6 is 11.3 Å². The third-order valence-corrected chi connectivity index (χ3v) is 3.82. The van der Waals surface area contributed by atoms with Crippen molar-refractivity contribution in [3.8, 4) is 10.6 Å². The standard InChI is InChI=1S/C16H13N3OS/c20-15(14-7-3-4-8-17-14)19-11-12-5-1-2-6-13(12)16-18-9-10-21-16/h1-10H,11H2,(H,19,20). The van der Waals surface area contributed by atoms with Crippen molar-refractivity contribution in [1.82, 2.24) is 15.3 Å². The Balaban J connectivity index is 1.76. The molecule has 0 aliphatic rings. The fourth-order valence-corrected chi connectivity index (χ4v) is 2.70. The van der Waals surface area contributed by atoms with Gasteiger partial charge in [-0.1, -0.05) is 30.3 Å². The molecule has 4 nitrogen and oxygen atoms in total. The van der Waals surface area contributed by atoms with Crippen molar-refractivity contribution in [3.63, 3.8) is 0 Å². The fraction of sp³-hybridized carbons (Fsp3) is 0.0625. The van der Waals surface area contributed by atoms with E-state index in [2.05, 4.69) is 15.3 Å². The quantitative estimate of drug-likeness (QED) is 0.804. The maximum Gasteiger partial charge on any atom is 0.270 e. The third-order valence-electron chi connectivity index (χ3n) is 3.02. The molecule has 104 valence electrons. The first-order valence-corrected chi connectivity index (χ1v) is 7.39. The fourth-order valence-electron chi connectivity index (χ4n) is 2.00. The van der Waals surface area contributed by atoms with Crippen molar-refractivity contribution in [2.75, 3.05) is 0 Å². The molecular weight excluding hydrogens is 282 g/mol. The molecular formula is C16H13N3OS. The highest BCUT2D eigenvalue weighted by Crippen LogP contribution is 2.25. The minimum absolute atomic E-state index is 0.176. The minimum Gasteiger partial charge on any atom is -0.347 e. The minimum atomic E-state index is -0.176. The molecule has 0 fully saturated rings. The predicted molar refractivity (Wildman–Crippen MR) is 83.0 cm³/mol. The first kappa shape index (κ1) is 13.5. The van der Waals surface area contributed by atoms with Gasteiger partial charge in [-0.3, -0.25) is 9.78 Å². The SMILES string of the molecule is O=C(NCc1ccccc1-c1nccs1)c1ccccn1. The molecule has 0 bridgehead atoms. The average Bonchev–Trinajstić information content (AvgIpc) is 3.08. The van der Waals surface area contributed by atoms with Gasteiger partial charge < -0.3 is 5.32 Å². The molecule has 0 unspecified atom stereocenters. The highest BCUT2D eigenvalue weighted by Gasteiger charge is 2.09.